The van der Waals surface area contributed by atoms with Gasteiger partial charge < -0.3 is 4.90 Å². The molecule has 1 rings (SSSR count). The van der Waals surface area contributed by atoms with Gasteiger partial charge in [0.25, 0.3) is 0 Å². The molecule has 1 saturated heterocycles. The lowest BCUT2D eigenvalue weighted by atomic mass is 9.89. The molecule has 0 aromatic rings. The number of hydrogen-bond donors (Lipinski definition) is 0. The van der Waals surface area contributed by atoms with Crippen LogP contribution in [0, 0.1) is 10.8 Å². The summed E-state index contributed by atoms with van der Waals surface area (Å²) in [5.41, 5.74) is 0.230. The van der Waals surface area contributed by atoms with Gasteiger partial charge in [-0.3, -0.25) is 9.69 Å². The van der Waals surface area contributed by atoms with Crippen LogP contribution in [0.3, 0.4) is 0 Å². The van der Waals surface area contributed by atoms with Gasteiger partial charge in [0.1, 0.15) is 0 Å². The molecule has 3 heteroatoms. The molecular weight excluding hydrogens is 260 g/mol. The maximum Gasteiger partial charge on any atom is 0.228 e. The van der Waals surface area contributed by atoms with Crippen molar-refractivity contribution in [2.45, 2.75) is 67.2 Å². The lowest BCUT2D eigenvalue weighted by Gasteiger charge is -2.37. The van der Waals surface area contributed by atoms with Crippen LogP contribution in [0.15, 0.2) is 0 Å². The van der Waals surface area contributed by atoms with Gasteiger partial charge in [0.15, 0.2) is 0 Å². The number of carbonyl (C=O) groups excluding carboxylic acids is 1. The third kappa shape index (κ3) is 7.30. The van der Waals surface area contributed by atoms with Gasteiger partial charge in [-0.1, -0.05) is 54.4 Å². The second-order valence-electron chi connectivity index (χ2n) is 8.76. The summed E-state index contributed by atoms with van der Waals surface area (Å²) in [7, 11) is 0. The monoisotopic (exact) mass is 296 g/mol. The number of piperazine rings is 1. The van der Waals surface area contributed by atoms with E-state index in [9.17, 15) is 4.79 Å². The van der Waals surface area contributed by atoms with Crippen LogP contribution < -0.4 is 0 Å². The molecule has 0 saturated carbocycles. The Balaban J connectivity index is 2.15. The number of nitrogens with zero attached hydrogens (tertiary/aromatic N) is 2. The van der Waals surface area contributed by atoms with E-state index in [1.807, 2.05) is 25.7 Å². The normalized spacial score (nSPS) is 18.1. The largest absolute Gasteiger partial charge is 0.340 e. The van der Waals surface area contributed by atoms with Crippen molar-refractivity contribution in [3.8, 4) is 0 Å². The lowest BCUT2D eigenvalue weighted by molar-refractivity contribution is -0.141. The SMILES string of the molecule is CC(C)(C)CCCCCN1CCN(C(=O)C(C)(C)C)CC1. The number of hydrogen-bond acceptors (Lipinski definition) is 2. The summed E-state index contributed by atoms with van der Waals surface area (Å²) in [4.78, 5) is 16.8. The maximum atomic E-state index is 12.2. The minimum Gasteiger partial charge on any atom is -0.340 e. The average molecular weight is 296 g/mol. The molecule has 1 heterocycles. The number of unbranched alkanes of at least 4 members (excludes halogenated alkanes) is 2. The van der Waals surface area contributed by atoms with Gasteiger partial charge in [0.2, 0.25) is 5.91 Å². The van der Waals surface area contributed by atoms with Gasteiger partial charge in [-0.15, -0.1) is 0 Å². The summed E-state index contributed by atoms with van der Waals surface area (Å²) >= 11 is 0. The second-order valence-corrected chi connectivity index (χ2v) is 8.76. The molecular formula is C18H36N2O. The topological polar surface area (TPSA) is 23.6 Å². The van der Waals surface area contributed by atoms with E-state index in [-0.39, 0.29) is 5.41 Å². The Bertz CT molecular complexity index is 317. The zero-order chi connectivity index (χ0) is 16.1. The Morgan fingerprint density at radius 3 is 1.90 bits per heavy atom. The van der Waals surface area contributed by atoms with Crippen molar-refractivity contribution in [1.82, 2.24) is 9.80 Å². The van der Waals surface area contributed by atoms with E-state index in [0.717, 1.165) is 26.2 Å². The molecule has 0 bridgehead atoms. The fourth-order valence-corrected chi connectivity index (χ4v) is 2.82. The van der Waals surface area contributed by atoms with Crippen molar-refractivity contribution in [3.05, 3.63) is 0 Å². The molecule has 0 atom stereocenters. The minimum absolute atomic E-state index is 0.241. The van der Waals surface area contributed by atoms with Crippen molar-refractivity contribution in [2.24, 2.45) is 10.8 Å². The third-order valence-corrected chi connectivity index (χ3v) is 4.20. The first kappa shape index (κ1) is 18.5. The first-order valence-electron chi connectivity index (χ1n) is 8.61. The first-order chi connectivity index (χ1) is 9.59. The maximum absolute atomic E-state index is 12.2. The summed E-state index contributed by atoms with van der Waals surface area (Å²) in [6.45, 7) is 18.1. The van der Waals surface area contributed by atoms with E-state index < -0.39 is 0 Å². The molecule has 0 aromatic heterocycles. The molecule has 1 aliphatic heterocycles. The Morgan fingerprint density at radius 1 is 0.857 bits per heavy atom. The third-order valence-electron chi connectivity index (χ3n) is 4.20. The molecule has 21 heavy (non-hydrogen) atoms. The molecule has 124 valence electrons. The molecule has 0 N–H and O–H groups in total. The van der Waals surface area contributed by atoms with Crippen LogP contribution in [-0.2, 0) is 4.79 Å². The van der Waals surface area contributed by atoms with Crippen LogP contribution in [-0.4, -0.2) is 48.4 Å². The molecule has 0 unspecified atom stereocenters. The molecule has 3 nitrogen and oxygen atoms in total. The van der Waals surface area contributed by atoms with Crippen molar-refractivity contribution in [2.75, 3.05) is 32.7 Å². The molecule has 1 fully saturated rings. The molecule has 0 aliphatic carbocycles. The Labute approximate surface area is 132 Å². The molecule has 1 aliphatic rings. The zero-order valence-electron chi connectivity index (χ0n) is 15.2. The number of rotatable bonds is 5. The fraction of sp³-hybridized carbons (Fsp3) is 0.944. The quantitative estimate of drug-likeness (QED) is 0.721. The van der Waals surface area contributed by atoms with E-state index in [1.165, 1.54) is 32.2 Å². The summed E-state index contributed by atoms with van der Waals surface area (Å²) in [6, 6.07) is 0. The van der Waals surface area contributed by atoms with Crippen LogP contribution in [0.4, 0.5) is 0 Å². The fourth-order valence-electron chi connectivity index (χ4n) is 2.82. The van der Waals surface area contributed by atoms with Crippen LogP contribution >= 0.6 is 0 Å². The molecule has 1 amide bonds. The molecule has 0 spiro atoms. The van der Waals surface area contributed by atoms with Crippen LogP contribution in [0.5, 0.6) is 0 Å². The van der Waals surface area contributed by atoms with Crippen molar-refractivity contribution in [3.63, 3.8) is 0 Å². The highest BCUT2D eigenvalue weighted by atomic mass is 16.2. The van der Waals surface area contributed by atoms with Crippen LogP contribution in [0.1, 0.15) is 67.2 Å². The predicted octanol–water partition coefficient (Wildman–Crippen LogP) is 3.78. The highest BCUT2D eigenvalue weighted by molar-refractivity contribution is 5.81. The molecule has 0 radical (unpaired) electrons. The van der Waals surface area contributed by atoms with E-state index in [1.54, 1.807) is 0 Å². The van der Waals surface area contributed by atoms with E-state index in [4.69, 9.17) is 0 Å². The highest BCUT2D eigenvalue weighted by Crippen LogP contribution is 2.22. The lowest BCUT2D eigenvalue weighted by Crippen LogP contribution is -2.51. The van der Waals surface area contributed by atoms with Crippen molar-refractivity contribution < 1.29 is 4.79 Å². The number of carbonyl (C=O) groups is 1. The van der Waals surface area contributed by atoms with Gasteiger partial charge in [-0.2, -0.15) is 0 Å². The van der Waals surface area contributed by atoms with E-state index in [0.29, 0.717) is 11.3 Å². The Hall–Kier alpha value is -0.570. The summed E-state index contributed by atoms with van der Waals surface area (Å²) in [6.07, 6.45) is 5.29. The van der Waals surface area contributed by atoms with Gasteiger partial charge in [0.05, 0.1) is 0 Å². The average Bonchev–Trinajstić information content (AvgIpc) is 2.36. The van der Waals surface area contributed by atoms with Gasteiger partial charge in [0, 0.05) is 31.6 Å². The Morgan fingerprint density at radius 2 is 1.43 bits per heavy atom. The standard InChI is InChI=1S/C18H36N2O/c1-17(2,3)10-8-7-9-11-19-12-14-20(15-13-19)16(21)18(4,5)6/h7-15H2,1-6H3. The second kappa shape index (κ2) is 7.62. The van der Waals surface area contributed by atoms with E-state index in [2.05, 4.69) is 25.7 Å². The minimum atomic E-state index is -0.241. The summed E-state index contributed by atoms with van der Waals surface area (Å²) in [5.74, 6) is 0.298. The van der Waals surface area contributed by atoms with Crippen molar-refractivity contribution >= 4 is 5.91 Å². The highest BCUT2D eigenvalue weighted by Gasteiger charge is 2.29. The zero-order valence-corrected chi connectivity index (χ0v) is 15.2. The Kier molecular flexibility index (Phi) is 6.71. The van der Waals surface area contributed by atoms with Gasteiger partial charge >= 0.3 is 0 Å². The predicted molar refractivity (Wildman–Crippen MR) is 90.4 cm³/mol. The van der Waals surface area contributed by atoms with Crippen molar-refractivity contribution in [1.29, 1.82) is 0 Å². The smallest absolute Gasteiger partial charge is 0.228 e. The van der Waals surface area contributed by atoms with Gasteiger partial charge in [-0.05, 0) is 24.8 Å². The van der Waals surface area contributed by atoms with Crippen LogP contribution in [0.2, 0.25) is 0 Å². The van der Waals surface area contributed by atoms with Crippen LogP contribution in [0.25, 0.3) is 0 Å². The first-order valence-corrected chi connectivity index (χ1v) is 8.61. The van der Waals surface area contributed by atoms with Gasteiger partial charge in [-0.25, -0.2) is 0 Å². The summed E-state index contributed by atoms with van der Waals surface area (Å²) < 4.78 is 0. The molecule has 0 aromatic carbocycles. The summed E-state index contributed by atoms with van der Waals surface area (Å²) in [5, 5.41) is 0. The number of amides is 1. The van der Waals surface area contributed by atoms with E-state index >= 15 is 0 Å².